The van der Waals surface area contributed by atoms with Crippen molar-refractivity contribution < 1.29 is 4.79 Å². The second-order valence-corrected chi connectivity index (χ2v) is 7.64. The average molecular weight is 363 g/mol. The molecule has 0 saturated heterocycles. The molecule has 4 heteroatoms. The summed E-state index contributed by atoms with van der Waals surface area (Å²) in [4.78, 5) is 12.1. The number of carbonyl (C=O) groups excluding carboxylic acids is 1. The number of hydrogen-bond donors (Lipinski definition) is 1. The molecule has 1 aliphatic carbocycles. The van der Waals surface area contributed by atoms with Gasteiger partial charge in [-0.3, -0.25) is 4.79 Å². The highest BCUT2D eigenvalue weighted by Crippen LogP contribution is 2.24. The molecule has 0 bridgehead atoms. The van der Waals surface area contributed by atoms with Crippen molar-refractivity contribution in [2.24, 2.45) is 5.92 Å². The van der Waals surface area contributed by atoms with Crippen LogP contribution in [0.15, 0.2) is 11.4 Å². The van der Waals surface area contributed by atoms with Crippen molar-refractivity contribution in [1.29, 1.82) is 0 Å². The fraction of sp³-hybridized carbons (Fsp3) is 0.615. The van der Waals surface area contributed by atoms with Gasteiger partial charge in [-0.25, -0.2) is 0 Å². The molecule has 1 heterocycles. The lowest BCUT2D eigenvalue weighted by atomic mass is 9.97. The average Bonchev–Trinajstić information content (AvgIpc) is 2.63. The monoisotopic (exact) mass is 363 g/mol. The minimum atomic E-state index is 0.0999. The van der Waals surface area contributed by atoms with E-state index in [1.807, 2.05) is 11.4 Å². The summed E-state index contributed by atoms with van der Waals surface area (Å²) in [6.07, 6.45) is 6.24. The van der Waals surface area contributed by atoms with Crippen LogP contribution in [0.3, 0.4) is 0 Å². The smallest absolute Gasteiger partial charge is 0.252 e. The number of hydrogen-bond acceptors (Lipinski definition) is 2. The molecular formula is C13H18INOS. The number of rotatable bonds is 2. The Hall–Kier alpha value is -0.100. The molecule has 1 amide bonds. The van der Waals surface area contributed by atoms with Gasteiger partial charge in [0.15, 0.2) is 0 Å². The largest absolute Gasteiger partial charge is 0.349 e. The van der Waals surface area contributed by atoms with E-state index < -0.39 is 0 Å². The van der Waals surface area contributed by atoms with Crippen LogP contribution in [0.4, 0.5) is 0 Å². The van der Waals surface area contributed by atoms with E-state index in [-0.39, 0.29) is 5.91 Å². The summed E-state index contributed by atoms with van der Waals surface area (Å²) in [6.45, 7) is 2.26. The van der Waals surface area contributed by atoms with E-state index in [0.29, 0.717) is 12.0 Å². The summed E-state index contributed by atoms with van der Waals surface area (Å²) in [5, 5.41) is 5.15. The van der Waals surface area contributed by atoms with Crippen LogP contribution in [0.2, 0.25) is 0 Å². The molecule has 0 aliphatic heterocycles. The fourth-order valence-electron chi connectivity index (χ4n) is 2.39. The maximum atomic E-state index is 12.1. The van der Waals surface area contributed by atoms with Crippen LogP contribution in [-0.4, -0.2) is 11.9 Å². The van der Waals surface area contributed by atoms with Crippen molar-refractivity contribution in [3.63, 3.8) is 0 Å². The van der Waals surface area contributed by atoms with Crippen molar-refractivity contribution in [2.75, 3.05) is 0 Å². The van der Waals surface area contributed by atoms with E-state index in [0.717, 1.165) is 12.0 Å². The topological polar surface area (TPSA) is 29.1 Å². The Balaban J connectivity index is 1.97. The highest BCUT2D eigenvalue weighted by atomic mass is 127. The molecule has 0 radical (unpaired) electrons. The van der Waals surface area contributed by atoms with Gasteiger partial charge in [0.25, 0.3) is 5.91 Å². The molecule has 1 fully saturated rings. The van der Waals surface area contributed by atoms with E-state index in [1.54, 1.807) is 11.3 Å². The zero-order chi connectivity index (χ0) is 12.3. The summed E-state index contributed by atoms with van der Waals surface area (Å²) < 4.78 is 1.17. The Morgan fingerprint density at radius 3 is 2.88 bits per heavy atom. The van der Waals surface area contributed by atoms with Gasteiger partial charge < -0.3 is 5.32 Å². The fourth-order valence-corrected chi connectivity index (χ4v) is 3.71. The van der Waals surface area contributed by atoms with Gasteiger partial charge in [-0.15, -0.1) is 11.3 Å². The Morgan fingerprint density at radius 2 is 2.18 bits per heavy atom. The molecule has 1 N–H and O–H groups in total. The zero-order valence-electron chi connectivity index (χ0n) is 10.0. The Labute approximate surface area is 120 Å². The summed E-state index contributed by atoms with van der Waals surface area (Å²) >= 11 is 3.88. The van der Waals surface area contributed by atoms with Crippen molar-refractivity contribution in [2.45, 2.75) is 45.1 Å². The van der Waals surface area contributed by atoms with Crippen molar-refractivity contribution in [3.05, 3.63) is 19.9 Å². The van der Waals surface area contributed by atoms with Crippen LogP contribution in [0.25, 0.3) is 0 Å². The van der Waals surface area contributed by atoms with E-state index in [9.17, 15) is 4.79 Å². The van der Waals surface area contributed by atoms with Gasteiger partial charge in [0.1, 0.15) is 0 Å². The van der Waals surface area contributed by atoms with Gasteiger partial charge in [-0.1, -0.05) is 26.2 Å². The third-order valence-corrected chi connectivity index (χ3v) is 5.30. The normalized spacial score (nSPS) is 25.3. The lowest BCUT2D eigenvalue weighted by Crippen LogP contribution is -2.38. The zero-order valence-corrected chi connectivity index (χ0v) is 13.0. The second kappa shape index (κ2) is 6.18. The first-order chi connectivity index (χ1) is 8.16. The summed E-state index contributed by atoms with van der Waals surface area (Å²) in [6, 6.07) is 2.32. The van der Waals surface area contributed by atoms with Gasteiger partial charge in [-0.05, 0) is 47.4 Å². The van der Waals surface area contributed by atoms with Gasteiger partial charge in [-0.2, -0.15) is 0 Å². The van der Waals surface area contributed by atoms with Crippen LogP contribution in [-0.2, 0) is 0 Å². The maximum Gasteiger partial charge on any atom is 0.252 e. The lowest BCUT2D eigenvalue weighted by Gasteiger charge is -2.22. The molecule has 0 spiro atoms. The summed E-state index contributed by atoms with van der Waals surface area (Å²) in [7, 11) is 0. The molecule has 2 unspecified atom stereocenters. The summed E-state index contributed by atoms with van der Waals surface area (Å²) in [5.74, 6) is 0.710. The first-order valence-electron chi connectivity index (χ1n) is 6.21. The molecule has 2 atom stereocenters. The molecule has 2 nitrogen and oxygen atoms in total. The van der Waals surface area contributed by atoms with Crippen LogP contribution < -0.4 is 5.32 Å². The molecule has 17 heavy (non-hydrogen) atoms. The third-order valence-electron chi connectivity index (χ3n) is 3.51. The van der Waals surface area contributed by atoms with Gasteiger partial charge in [0.2, 0.25) is 0 Å². The van der Waals surface area contributed by atoms with Gasteiger partial charge in [0.05, 0.1) is 8.45 Å². The first kappa shape index (κ1) is 13.3. The van der Waals surface area contributed by atoms with E-state index in [4.69, 9.17) is 0 Å². The van der Waals surface area contributed by atoms with Crippen LogP contribution >= 0.6 is 33.9 Å². The Bertz CT molecular complexity index is 391. The maximum absolute atomic E-state index is 12.1. The molecule has 1 aromatic rings. The van der Waals surface area contributed by atoms with Gasteiger partial charge in [0, 0.05) is 11.4 Å². The SMILES string of the molecule is CC1CCCCCC1NC(=O)c1csc(I)c1. The number of amides is 1. The minimum Gasteiger partial charge on any atom is -0.349 e. The first-order valence-corrected chi connectivity index (χ1v) is 8.17. The summed E-state index contributed by atoms with van der Waals surface area (Å²) in [5.41, 5.74) is 0.816. The highest BCUT2D eigenvalue weighted by molar-refractivity contribution is 14.1. The number of carbonyl (C=O) groups is 1. The molecule has 94 valence electrons. The predicted octanol–water partition coefficient (Wildman–Crippen LogP) is 4.05. The highest BCUT2D eigenvalue weighted by Gasteiger charge is 2.22. The third kappa shape index (κ3) is 3.68. The Kier molecular flexibility index (Phi) is 4.85. The van der Waals surface area contributed by atoms with E-state index in [2.05, 4.69) is 34.8 Å². The molecule has 1 aromatic heterocycles. The number of halogens is 1. The quantitative estimate of drug-likeness (QED) is 0.623. The molecular weight excluding hydrogens is 345 g/mol. The molecule has 2 rings (SSSR count). The number of thiophene rings is 1. The van der Waals surface area contributed by atoms with E-state index >= 15 is 0 Å². The van der Waals surface area contributed by atoms with Crippen molar-refractivity contribution >= 4 is 39.8 Å². The second-order valence-electron chi connectivity index (χ2n) is 4.83. The van der Waals surface area contributed by atoms with Crippen molar-refractivity contribution in [1.82, 2.24) is 5.32 Å². The minimum absolute atomic E-state index is 0.0999. The van der Waals surface area contributed by atoms with Crippen LogP contribution in [0.1, 0.15) is 49.4 Å². The lowest BCUT2D eigenvalue weighted by molar-refractivity contribution is 0.0922. The predicted molar refractivity (Wildman–Crippen MR) is 80.5 cm³/mol. The van der Waals surface area contributed by atoms with Gasteiger partial charge >= 0.3 is 0 Å². The molecule has 1 saturated carbocycles. The van der Waals surface area contributed by atoms with Crippen molar-refractivity contribution in [3.8, 4) is 0 Å². The van der Waals surface area contributed by atoms with Crippen LogP contribution in [0.5, 0.6) is 0 Å². The molecule has 1 aliphatic rings. The molecule has 0 aromatic carbocycles. The van der Waals surface area contributed by atoms with Crippen LogP contribution in [0, 0.1) is 8.80 Å². The Morgan fingerprint density at radius 1 is 1.41 bits per heavy atom. The van der Waals surface area contributed by atoms with E-state index in [1.165, 1.54) is 28.6 Å². The number of nitrogens with one attached hydrogen (secondary N) is 1. The standard InChI is InChI=1S/C13H18INOS/c1-9-5-3-2-4-6-11(9)15-13(16)10-7-12(14)17-8-10/h7-9,11H,2-6H2,1H3,(H,15,16).